The zero-order valence-corrected chi connectivity index (χ0v) is 47.0. The number of carboxylic acids is 1. The van der Waals surface area contributed by atoms with E-state index >= 15 is 0 Å². The van der Waals surface area contributed by atoms with Gasteiger partial charge in [0.2, 0.25) is 11.8 Å². The molecular formula is C42H75AcN8O26-. The normalized spacial score (nSPS) is 36.2. The smallest absolute Gasteiger partial charge is 0.364 e. The molecule has 20 N–H and O–H groups in total. The maximum Gasteiger partial charge on any atom is 0.364 e. The first-order valence-corrected chi connectivity index (χ1v) is 24.0. The molecule has 35 heteroatoms. The van der Waals surface area contributed by atoms with E-state index in [0.717, 1.165) is 13.8 Å². The molecule has 1 aromatic rings. The van der Waals surface area contributed by atoms with Crippen LogP contribution in [-0.4, -0.2) is 300 Å². The van der Waals surface area contributed by atoms with E-state index in [4.69, 9.17) is 53.1 Å². The fourth-order valence-corrected chi connectivity index (χ4v) is 8.69. The summed E-state index contributed by atoms with van der Waals surface area (Å²) in [4.78, 5) is 37.9. The van der Waals surface area contributed by atoms with Crippen LogP contribution in [0.1, 0.15) is 26.0 Å². The van der Waals surface area contributed by atoms with E-state index in [-0.39, 0.29) is 63.4 Å². The number of ether oxygens (including phenoxy) is 10. The summed E-state index contributed by atoms with van der Waals surface area (Å²) in [5.41, 5.74) is 5.67. The monoisotopic (exact) mass is 1330 g/mol. The van der Waals surface area contributed by atoms with Crippen LogP contribution in [0.2, 0.25) is 0 Å². The number of nitrogens with one attached hydrogen (secondary N) is 2. The van der Waals surface area contributed by atoms with E-state index in [9.17, 15) is 80.8 Å². The van der Waals surface area contributed by atoms with Gasteiger partial charge in [0, 0.05) is 77.1 Å². The fourth-order valence-electron chi connectivity index (χ4n) is 8.69. The summed E-state index contributed by atoms with van der Waals surface area (Å²) in [5, 5.41) is 158. The molecule has 1 aromatic heterocycles. The van der Waals surface area contributed by atoms with Gasteiger partial charge in [-0.3, -0.25) is 14.3 Å². The Morgan fingerprint density at radius 2 is 1.34 bits per heavy atom. The molecule has 21 atom stereocenters. The van der Waals surface area contributed by atoms with Crippen LogP contribution in [0.3, 0.4) is 0 Å². The number of rotatable bonds is 29. The third-order valence-electron chi connectivity index (χ3n) is 12.5. The topological polar surface area (TPSA) is 536 Å². The van der Waals surface area contributed by atoms with Crippen molar-refractivity contribution in [2.24, 2.45) is 5.73 Å². The number of carboxylic acid groups (broad SMARTS) is 1. The van der Waals surface area contributed by atoms with Gasteiger partial charge in [0.15, 0.2) is 12.6 Å². The molecule has 4 aliphatic rings. The van der Waals surface area contributed by atoms with Crippen molar-refractivity contribution in [2.75, 3.05) is 72.6 Å². The van der Waals surface area contributed by atoms with Crippen molar-refractivity contribution in [1.82, 2.24) is 31.8 Å². The molecule has 77 heavy (non-hydrogen) atoms. The van der Waals surface area contributed by atoms with E-state index in [1.54, 1.807) is 6.20 Å². The Morgan fingerprint density at radius 1 is 0.766 bits per heavy atom. The van der Waals surface area contributed by atoms with Crippen molar-refractivity contribution in [1.29, 1.82) is 0 Å². The molecule has 34 nitrogen and oxygen atoms in total. The quantitative estimate of drug-likeness (QED) is 0.0331. The van der Waals surface area contributed by atoms with Crippen molar-refractivity contribution >= 4 is 17.8 Å². The Morgan fingerprint density at radius 3 is 1.92 bits per heavy atom. The van der Waals surface area contributed by atoms with E-state index < -0.39 is 179 Å². The number of carbonyl (C=O) groups excluding carboxylic acids is 2. The van der Waals surface area contributed by atoms with Crippen LogP contribution in [-0.2, 0) is 74.8 Å². The molecule has 4 aliphatic heterocycles. The number of aromatic nitrogens is 3. The third-order valence-corrected chi connectivity index (χ3v) is 12.5. The molecule has 1 radical (unpaired) electrons. The van der Waals surface area contributed by atoms with E-state index in [2.05, 4.69) is 26.3 Å². The summed E-state index contributed by atoms with van der Waals surface area (Å²) in [6.07, 6.45) is -35.1. The maximum atomic E-state index is 13.4. The average molecular weight is 1340 g/mol. The molecule has 0 spiro atoms. The number of carbonyl (C=O) groups is 3. The fraction of sp³-hybridized carbons (Fsp3) is 0.881. The predicted octanol–water partition coefficient (Wildman–Crippen LogP) is -9.91. The summed E-state index contributed by atoms with van der Waals surface area (Å²) in [7, 11) is 0. The van der Waals surface area contributed by atoms with Gasteiger partial charge >= 0.3 is 5.97 Å². The van der Waals surface area contributed by atoms with E-state index in [1.807, 2.05) is 0 Å². The average Bonchev–Trinajstić information content (AvgIpc) is 3.84. The molecule has 443 valence electrons. The van der Waals surface area contributed by atoms with Crippen LogP contribution in [0.4, 0.5) is 0 Å². The van der Waals surface area contributed by atoms with Gasteiger partial charge in [-0.1, -0.05) is 11.8 Å². The standard InChI is InChI=1S/C42H72N7O26.Ac.H3N/c1-18(54)45-26-21(56)11-42(41(64)65,74-36(26)28(58)22(57)14-50)75-37-33(63)40(71-25(17-53)35(37)73-39-27(46-19(2)55)30(60)29(59)23(15-51)70-39)72-34-24(16-52)69-38(32(62)31(34)61)44-12-20-13-49(48-47-20)4-6-67-8-10-68-9-7-66-5-3-43;;/h13,21-40,50-53,56-63H,3-12,14-17,43H2,1-2H3,(H,45,54)(H,46,55)(H,64,65);;1H3/q-1;;/t21?,22-,23?,24?,25?,26-,27?,28?,29+,30-,31-,32?,33?,34-,35+,36?,37-,38-,39+,40+,42+;;/m1../s1. The Balaban J connectivity index is 0.00000780. The third kappa shape index (κ3) is 18.2. The van der Waals surface area contributed by atoms with Gasteiger partial charge in [0.25, 0.3) is 5.79 Å². The van der Waals surface area contributed by atoms with Crippen molar-refractivity contribution in [3.05, 3.63) is 17.2 Å². The predicted molar refractivity (Wildman–Crippen MR) is 246 cm³/mol. The Bertz CT molecular complexity index is 1910. The number of aliphatic hydroxyl groups is 12. The number of nitrogens with zero attached hydrogens (tertiary/aromatic N) is 4. The molecular weight excluding hydrogens is 1260 g/mol. The largest absolute Gasteiger partial charge is 0.629 e. The second kappa shape index (κ2) is 33.2. The first kappa shape index (κ1) is 69.3. The zero-order chi connectivity index (χ0) is 55.1. The van der Waals surface area contributed by atoms with Crippen LogP contribution < -0.4 is 22.5 Å². The van der Waals surface area contributed by atoms with E-state index in [0.29, 0.717) is 51.8 Å². The van der Waals surface area contributed by atoms with Crippen molar-refractivity contribution in [3.8, 4) is 0 Å². The molecule has 5 rings (SSSR count). The summed E-state index contributed by atoms with van der Waals surface area (Å²) in [5.74, 6) is -6.96. The number of aliphatic hydroxyl groups excluding tert-OH is 12. The molecule has 9 unspecified atom stereocenters. The number of nitrogens with two attached hydrogens (primary N) is 1. The van der Waals surface area contributed by atoms with E-state index in [1.165, 1.54) is 4.68 Å². The minimum atomic E-state index is -3.25. The van der Waals surface area contributed by atoms with Gasteiger partial charge in [-0.15, -0.1) is 5.10 Å². The van der Waals surface area contributed by atoms with Gasteiger partial charge < -0.3 is 142 Å². The van der Waals surface area contributed by atoms with Gasteiger partial charge in [-0.25, -0.2) is 4.79 Å². The first-order chi connectivity index (χ1) is 35.7. The van der Waals surface area contributed by atoms with Crippen LogP contribution >= 0.6 is 0 Å². The van der Waals surface area contributed by atoms with Crippen LogP contribution in [0.15, 0.2) is 6.20 Å². The Labute approximate surface area is 476 Å². The Kier molecular flexibility index (Phi) is 29.8. The molecule has 4 fully saturated rings. The molecule has 0 aliphatic carbocycles. The number of aliphatic carboxylic acids is 1. The number of hydrogen-bond acceptors (Lipinski definition) is 29. The summed E-state index contributed by atoms with van der Waals surface area (Å²) >= 11 is 0. The van der Waals surface area contributed by atoms with Crippen LogP contribution in [0, 0.1) is 44.1 Å². The summed E-state index contributed by atoms with van der Waals surface area (Å²) in [6, 6.07) is -3.38. The van der Waals surface area contributed by atoms with Crippen molar-refractivity contribution < 1.29 is 172 Å². The van der Waals surface area contributed by atoms with Crippen LogP contribution in [0.25, 0.3) is 5.32 Å². The minimum absolute atomic E-state index is 0. The molecule has 0 aromatic carbocycles. The van der Waals surface area contributed by atoms with Gasteiger partial charge in [0.1, 0.15) is 85.4 Å². The van der Waals surface area contributed by atoms with Crippen molar-refractivity contribution in [3.63, 3.8) is 0 Å². The first-order valence-electron chi connectivity index (χ1n) is 24.0. The molecule has 0 bridgehead atoms. The summed E-state index contributed by atoms with van der Waals surface area (Å²) < 4.78 is 58.9. The van der Waals surface area contributed by atoms with Crippen molar-refractivity contribution in [2.45, 2.75) is 162 Å². The second-order valence-corrected chi connectivity index (χ2v) is 18.0. The Hall–Kier alpha value is -2.01. The van der Waals surface area contributed by atoms with Gasteiger partial charge in [-0.05, 0) is 6.23 Å². The summed E-state index contributed by atoms with van der Waals surface area (Å²) in [6.45, 7) is 0.502. The van der Waals surface area contributed by atoms with Crippen LogP contribution in [0.5, 0.6) is 0 Å². The zero-order valence-electron chi connectivity index (χ0n) is 42.3. The molecule has 0 saturated carbocycles. The molecule has 5 heterocycles. The molecule has 2 amide bonds. The minimum Gasteiger partial charge on any atom is -0.629 e. The van der Waals surface area contributed by atoms with Gasteiger partial charge in [0.05, 0.1) is 96.6 Å². The SMILES string of the molecule is CC(=O)NC1[C@H](O[C@H]2C(CO)O[C@@H](O[C@@H]3C(CO)O[C@@H]([N-]Cc4cn(CCOCCOCCOCCN)nn4)C(O)[C@H]3O)C(O)[C@H]2O[C@]2(C(=O)O)CC(O)[C@@H](NC(C)=O)C(C(O)[C@H](O)CO)O2)OC(CO)[C@H](O)[C@@H]1O.N.[Ac]. The maximum absolute atomic E-state index is 13.4. The van der Waals surface area contributed by atoms with Gasteiger partial charge in [-0.2, -0.15) is 0 Å². The molecule has 4 saturated heterocycles. The number of hydrogen-bond donors (Lipinski definition) is 17. The second-order valence-electron chi connectivity index (χ2n) is 18.0. The number of amides is 2.